The average molecular weight is 405 g/mol. The minimum Gasteiger partial charge on any atom is -0.494 e. The van der Waals surface area contributed by atoms with Gasteiger partial charge in [-0.3, -0.25) is 0 Å². The first-order valence-corrected chi connectivity index (χ1v) is 9.35. The van der Waals surface area contributed by atoms with Crippen molar-refractivity contribution in [2.75, 3.05) is 6.61 Å². The lowest BCUT2D eigenvalue weighted by Gasteiger charge is -2.20. The van der Waals surface area contributed by atoms with Crippen LogP contribution < -0.4 is 9.47 Å². The van der Waals surface area contributed by atoms with E-state index in [0.29, 0.717) is 17.9 Å². The van der Waals surface area contributed by atoms with E-state index >= 15 is 0 Å². The number of halogens is 1. The van der Waals surface area contributed by atoms with Gasteiger partial charge in [-0.25, -0.2) is 4.79 Å². The Bertz CT molecular complexity index is 715. The second kappa shape index (κ2) is 8.52. The minimum atomic E-state index is -0.385. The molecular weight excluding hydrogens is 380 g/mol. The zero-order valence-electron chi connectivity index (χ0n) is 15.3. The van der Waals surface area contributed by atoms with Crippen LogP contribution in [-0.4, -0.2) is 12.6 Å². The number of ether oxygens (including phenoxy) is 2. The van der Waals surface area contributed by atoms with Crippen molar-refractivity contribution >= 4 is 21.9 Å². The van der Waals surface area contributed by atoms with Crippen LogP contribution in [0.5, 0.6) is 11.5 Å². The molecule has 0 aromatic heterocycles. The van der Waals surface area contributed by atoms with Crippen LogP contribution in [0, 0.1) is 0 Å². The maximum Gasteiger partial charge on any atom is 0.343 e. The Hall–Kier alpha value is -1.81. The molecule has 0 aliphatic heterocycles. The lowest BCUT2D eigenvalue weighted by Crippen LogP contribution is -2.12. The van der Waals surface area contributed by atoms with E-state index in [2.05, 4.69) is 43.6 Å². The van der Waals surface area contributed by atoms with Crippen LogP contribution >= 0.6 is 15.9 Å². The summed E-state index contributed by atoms with van der Waals surface area (Å²) in [6, 6.07) is 12.8. The number of carbonyl (C=O) groups excluding carboxylic acids is 1. The van der Waals surface area contributed by atoms with E-state index in [9.17, 15) is 4.79 Å². The molecule has 0 N–H and O–H groups in total. The third-order valence-corrected chi connectivity index (χ3v) is 4.48. The lowest BCUT2D eigenvalue weighted by molar-refractivity contribution is 0.0733. The number of rotatable bonds is 6. The van der Waals surface area contributed by atoms with Crippen LogP contribution in [0.1, 0.15) is 56.5 Å². The van der Waals surface area contributed by atoms with E-state index in [1.54, 1.807) is 24.3 Å². The number of carbonyl (C=O) groups is 1. The Morgan fingerprint density at radius 3 is 2.32 bits per heavy atom. The molecule has 2 aromatic rings. The lowest BCUT2D eigenvalue weighted by atomic mass is 9.87. The second-order valence-corrected chi connectivity index (χ2v) is 7.87. The zero-order valence-corrected chi connectivity index (χ0v) is 16.9. The van der Waals surface area contributed by atoms with E-state index < -0.39 is 0 Å². The molecule has 0 aliphatic rings. The topological polar surface area (TPSA) is 35.5 Å². The molecule has 0 spiro atoms. The summed E-state index contributed by atoms with van der Waals surface area (Å²) in [5, 5.41) is 0. The number of benzene rings is 2. The first kappa shape index (κ1) is 19.5. The minimum absolute atomic E-state index is 0.0403. The molecule has 0 unspecified atom stereocenters. The van der Waals surface area contributed by atoms with Crippen LogP contribution in [0.3, 0.4) is 0 Å². The van der Waals surface area contributed by atoms with Crippen molar-refractivity contribution in [3.8, 4) is 11.5 Å². The van der Waals surface area contributed by atoms with Gasteiger partial charge in [0.2, 0.25) is 0 Å². The van der Waals surface area contributed by atoms with Gasteiger partial charge in [0.25, 0.3) is 0 Å². The van der Waals surface area contributed by atoms with Crippen molar-refractivity contribution < 1.29 is 14.3 Å². The molecule has 0 saturated heterocycles. The molecule has 134 valence electrons. The number of hydrogen-bond donors (Lipinski definition) is 0. The maximum atomic E-state index is 12.3. The Balaban J connectivity index is 2.04. The summed E-state index contributed by atoms with van der Waals surface area (Å²) in [6.07, 6.45) is 2.11. The highest BCUT2D eigenvalue weighted by molar-refractivity contribution is 9.10. The summed E-state index contributed by atoms with van der Waals surface area (Å²) in [7, 11) is 0. The molecule has 25 heavy (non-hydrogen) atoms. The second-order valence-electron chi connectivity index (χ2n) is 7.01. The summed E-state index contributed by atoms with van der Waals surface area (Å²) in [4.78, 5) is 12.3. The Morgan fingerprint density at radius 2 is 1.76 bits per heavy atom. The normalized spacial score (nSPS) is 11.2. The van der Waals surface area contributed by atoms with Crippen molar-refractivity contribution in [2.24, 2.45) is 0 Å². The number of hydrogen-bond acceptors (Lipinski definition) is 3. The van der Waals surface area contributed by atoms with Gasteiger partial charge in [0.1, 0.15) is 11.5 Å². The predicted octanol–water partition coefficient (Wildman–Crippen LogP) is 6.14. The zero-order chi connectivity index (χ0) is 18.4. The predicted molar refractivity (Wildman–Crippen MR) is 105 cm³/mol. The summed E-state index contributed by atoms with van der Waals surface area (Å²) in [5.41, 5.74) is 1.71. The van der Waals surface area contributed by atoms with E-state index in [1.807, 2.05) is 18.2 Å². The van der Waals surface area contributed by atoms with Crippen LogP contribution in [-0.2, 0) is 5.41 Å². The molecule has 0 aliphatic carbocycles. The van der Waals surface area contributed by atoms with Crippen molar-refractivity contribution in [3.05, 3.63) is 58.1 Å². The molecule has 0 amide bonds. The molecular formula is C21H25BrO3. The summed E-state index contributed by atoms with van der Waals surface area (Å²) in [6.45, 7) is 9.24. The van der Waals surface area contributed by atoms with Crippen LogP contribution in [0.15, 0.2) is 46.9 Å². The SMILES string of the molecule is CCCCOc1ccc(C(=O)Oc2ccc(C(C)(C)C)cc2Br)cc1. The van der Waals surface area contributed by atoms with Crippen molar-refractivity contribution in [3.63, 3.8) is 0 Å². The standard InChI is InChI=1S/C21H25BrO3/c1-5-6-13-24-17-10-7-15(8-11-17)20(23)25-19-12-9-16(14-18(19)22)21(2,3)4/h7-12,14H,5-6,13H2,1-4H3. The van der Waals surface area contributed by atoms with Gasteiger partial charge in [-0.1, -0.05) is 40.2 Å². The van der Waals surface area contributed by atoms with Gasteiger partial charge in [-0.2, -0.15) is 0 Å². The average Bonchev–Trinajstić information content (AvgIpc) is 2.56. The molecule has 0 radical (unpaired) electrons. The summed E-state index contributed by atoms with van der Waals surface area (Å²) < 4.78 is 11.9. The summed E-state index contributed by atoms with van der Waals surface area (Å²) in [5.74, 6) is 0.895. The fraction of sp³-hybridized carbons (Fsp3) is 0.381. The highest BCUT2D eigenvalue weighted by atomic mass is 79.9. The molecule has 2 rings (SSSR count). The number of esters is 1. The fourth-order valence-electron chi connectivity index (χ4n) is 2.23. The molecule has 0 bridgehead atoms. The van der Waals surface area contributed by atoms with Gasteiger partial charge in [0, 0.05) is 0 Å². The molecule has 2 aromatic carbocycles. The molecule has 0 heterocycles. The molecule has 3 nitrogen and oxygen atoms in total. The number of unbranched alkanes of at least 4 members (excludes halogenated alkanes) is 1. The van der Waals surface area contributed by atoms with Crippen LogP contribution in [0.25, 0.3) is 0 Å². The third-order valence-electron chi connectivity index (χ3n) is 3.86. The fourth-order valence-corrected chi connectivity index (χ4v) is 2.69. The smallest absolute Gasteiger partial charge is 0.343 e. The Morgan fingerprint density at radius 1 is 1.08 bits per heavy atom. The van der Waals surface area contributed by atoms with E-state index in [-0.39, 0.29) is 11.4 Å². The highest BCUT2D eigenvalue weighted by Gasteiger charge is 2.17. The third kappa shape index (κ3) is 5.60. The van der Waals surface area contributed by atoms with E-state index in [0.717, 1.165) is 23.1 Å². The largest absolute Gasteiger partial charge is 0.494 e. The Labute approximate surface area is 158 Å². The van der Waals surface area contributed by atoms with Gasteiger partial charge in [0.15, 0.2) is 0 Å². The molecule has 0 fully saturated rings. The quantitative estimate of drug-likeness (QED) is 0.329. The van der Waals surface area contributed by atoms with Gasteiger partial charge >= 0.3 is 5.97 Å². The van der Waals surface area contributed by atoms with E-state index in [4.69, 9.17) is 9.47 Å². The molecule has 0 atom stereocenters. The first-order valence-electron chi connectivity index (χ1n) is 8.56. The monoisotopic (exact) mass is 404 g/mol. The van der Waals surface area contributed by atoms with E-state index in [1.165, 1.54) is 5.56 Å². The van der Waals surface area contributed by atoms with Gasteiger partial charge in [-0.05, 0) is 69.7 Å². The van der Waals surface area contributed by atoms with Crippen LogP contribution in [0.2, 0.25) is 0 Å². The van der Waals surface area contributed by atoms with Crippen molar-refractivity contribution in [1.82, 2.24) is 0 Å². The van der Waals surface area contributed by atoms with Gasteiger partial charge in [-0.15, -0.1) is 0 Å². The van der Waals surface area contributed by atoms with Crippen LogP contribution in [0.4, 0.5) is 0 Å². The van der Waals surface area contributed by atoms with Gasteiger partial charge < -0.3 is 9.47 Å². The van der Waals surface area contributed by atoms with Crippen molar-refractivity contribution in [2.45, 2.75) is 46.0 Å². The summed E-state index contributed by atoms with van der Waals surface area (Å²) >= 11 is 3.49. The maximum absolute atomic E-state index is 12.3. The highest BCUT2D eigenvalue weighted by Crippen LogP contribution is 2.32. The molecule has 4 heteroatoms. The first-order chi connectivity index (χ1) is 11.8. The van der Waals surface area contributed by atoms with Gasteiger partial charge in [0.05, 0.1) is 16.6 Å². The molecule has 0 saturated carbocycles. The Kier molecular flexibility index (Phi) is 6.65. The van der Waals surface area contributed by atoms with Crippen molar-refractivity contribution in [1.29, 1.82) is 0 Å².